The van der Waals surface area contributed by atoms with Crippen LogP contribution in [-0.4, -0.2) is 61.5 Å². The van der Waals surface area contributed by atoms with Gasteiger partial charge in [0.15, 0.2) is 0 Å². The lowest BCUT2D eigenvalue weighted by Crippen LogP contribution is -2.49. The molecule has 4 rings (SSSR count). The molecule has 2 aromatic rings. The molecule has 2 fully saturated rings. The average Bonchev–Trinajstić information content (AvgIpc) is 3.52. The van der Waals surface area contributed by atoms with Crippen molar-refractivity contribution >= 4 is 18.3 Å². The smallest absolute Gasteiger partial charge is 0.236 e. The van der Waals surface area contributed by atoms with Gasteiger partial charge in [0, 0.05) is 38.1 Å². The highest BCUT2D eigenvalue weighted by Crippen LogP contribution is 2.41. The fourth-order valence-corrected chi connectivity index (χ4v) is 3.73. The number of amides is 1. The molecule has 0 bridgehead atoms. The van der Waals surface area contributed by atoms with Crippen molar-refractivity contribution in [3.63, 3.8) is 0 Å². The van der Waals surface area contributed by atoms with E-state index in [1.54, 1.807) is 0 Å². The van der Waals surface area contributed by atoms with Gasteiger partial charge in [-0.25, -0.2) is 0 Å². The van der Waals surface area contributed by atoms with Gasteiger partial charge in [0.25, 0.3) is 0 Å². The van der Waals surface area contributed by atoms with Crippen molar-refractivity contribution in [2.45, 2.75) is 25.0 Å². The predicted molar refractivity (Wildman–Crippen MR) is 118 cm³/mol. The van der Waals surface area contributed by atoms with Crippen molar-refractivity contribution in [3.8, 4) is 5.75 Å². The van der Waals surface area contributed by atoms with Gasteiger partial charge in [-0.05, 0) is 36.7 Å². The van der Waals surface area contributed by atoms with E-state index in [4.69, 9.17) is 4.74 Å². The number of rotatable bonds is 7. The molecule has 2 aliphatic rings. The van der Waals surface area contributed by atoms with Gasteiger partial charge >= 0.3 is 0 Å². The maximum atomic E-state index is 12.3. The summed E-state index contributed by atoms with van der Waals surface area (Å²) < 4.78 is 5.86. The Balaban J connectivity index is 0.00000240. The Bertz CT molecular complexity index is 776. The van der Waals surface area contributed by atoms with Gasteiger partial charge in [-0.1, -0.05) is 42.5 Å². The lowest BCUT2D eigenvalue weighted by atomic mass is 10.1. The molecule has 0 radical (unpaired) electrons. The maximum Gasteiger partial charge on any atom is 0.236 e. The van der Waals surface area contributed by atoms with Gasteiger partial charge in [-0.15, -0.1) is 12.4 Å². The molecule has 0 aromatic heterocycles. The molecule has 1 aliphatic heterocycles. The van der Waals surface area contributed by atoms with Crippen LogP contribution in [0.2, 0.25) is 0 Å². The van der Waals surface area contributed by atoms with E-state index >= 15 is 0 Å². The van der Waals surface area contributed by atoms with Crippen LogP contribution in [-0.2, 0) is 11.4 Å². The maximum absolute atomic E-state index is 12.3. The van der Waals surface area contributed by atoms with E-state index in [0.29, 0.717) is 25.1 Å². The molecule has 1 saturated carbocycles. The summed E-state index contributed by atoms with van der Waals surface area (Å²) in [6.45, 7) is 4.66. The van der Waals surface area contributed by atoms with Crippen molar-refractivity contribution in [1.82, 2.24) is 15.1 Å². The van der Waals surface area contributed by atoms with Gasteiger partial charge < -0.3 is 19.9 Å². The third-order valence-electron chi connectivity index (χ3n) is 5.72. The minimum absolute atomic E-state index is 0. The summed E-state index contributed by atoms with van der Waals surface area (Å²) >= 11 is 0. The van der Waals surface area contributed by atoms with Gasteiger partial charge in [0.2, 0.25) is 5.91 Å². The van der Waals surface area contributed by atoms with Crippen molar-refractivity contribution < 1.29 is 9.53 Å². The zero-order valence-corrected chi connectivity index (χ0v) is 17.7. The summed E-state index contributed by atoms with van der Waals surface area (Å²) in [6, 6.07) is 19.0. The molecule has 1 saturated heterocycles. The largest absolute Gasteiger partial charge is 0.489 e. The SMILES string of the molecule is CN1CCN(C(=O)CN[C@@H]2C[C@H]2c2ccc(OCc3ccccc3)cc2)CC1.Cl. The Morgan fingerprint density at radius 1 is 1.03 bits per heavy atom. The number of piperazine rings is 1. The highest BCUT2D eigenvalue weighted by atomic mass is 35.5. The third kappa shape index (κ3) is 5.95. The van der Waals surface area contributed by atoms with Crippen molar-refractivity contribution in [3.05, 3.63) is 65.7 Å². The fraction of sp³-hybridized carbons (Fsp3) is 0.435. The molecule has 1 heterocycles. The Morgan fingerprint density at radius 3 is 2.41 bits per heavy atom. The molecule has 1 aliphatic carbocycles. The molecular weight excluding hydrogens is 386 g/mol. The summed E-state index contributed by atoms with van der Waals surface area (Å²) in [5.41, 5.74) is 2.49. The minimum atomic E-state index is 0. The first-order valence-electron chi connectivity index (χ1n) is 10.2. The monoisotopic (exact) mass is 415 g/mol. The summed E-state index contributed by atoms with van der Waals surface area (Å²) in [6.07, 6.45) is 1.10. The number of carbonyl (C=O) groups is 1. The number of nitrogens with zero attached hydrogens (tertiary/aromatic N) is 2. The van der Waals surface area contributed by atoms with Crippen molar-refractivity contribution in [1.29, 1.82) is 0 Å². The Labute approximate surface area is 179 Å². The van der Waals surface area contributed by atoms with Crippen LogP contribution in [0.3, 0.4) is 0 Å². The highest BCUT2D eigenvalue weighted by molar-refractivity contribution is 5.85. The first-order valence-corrected chi connectivity index (χ1v) is 10.2. The number of benzene rings is 2. The fourth-order valence-electron chi connectivity index (χ4n) is 3.73. The van der Waals surface area contributed by atoms with E-state index in [1.165, 1.54) is 11.1 Å². The molecule has 6 heteroatoms. The Hall–Kier alpha value is -2.08. The molecule has 156 valence electrons. The van der Waals surface area contributed by atoms with Gasteiger partial charge in [-0.3, -0.25) is 4.79 Å². The van der Waals surface area contributed by atoms with Crippen LogP contribution in [0.1, 0.15) is 23.5 Å². The number of likely N-dealkylation sites (N-methyl/N-ethyl adjacent to an activating group) is 1. The quantitative estimate of drug-likeness (QED) is 0.755. The summed E-state index contributed by atoms with van der Waals surface area (Å²) in [5, 5.41) is 3.44. The number of nitrogens with one attached hydrogen (secondary N) is 1. The Morgan fingerprint density at radius 2 is 1.72 bits per heavy atom. The van der Waals surface area contributed by atoms with Crippen LogP contribution in [0.25, 0.3) is 0 Å². The molecule has 2 atom stereocenters. The predicted octanol–water partition coefficient (Wildman–Crippen LogP) is 2.91. The summed E-state index contributed by atoms with van der Waals surface area (Å²) in [7, 11) is 2.10. The van der Waals surface area contributed by atoms with Crippen LogP contribution >= 0.6 is 12.4 Å². The minimum Gasteiger partial charge on any atom is -0.489 e. The van der Waals surface area contributed by atoms with Gasteiger partial charge in [-0.2, -0.15) is 0 Å². The average molecular weight is 416 g/mol. The van der Waals surface area contributed by atoms with Crippen molar-refractivity contribution in [2.24, 2.45) is 0 Å². The zero-order chi connectivity index (χ0) is 19.3. The van der Waals surface area contributed by atoms with Crippen LogP contribution < -0.4 is 10.1 Å². The standard InChI is InChI=1S/C23H29N3O2.ClH/c1-25-11-13-26(14-12-25)23(27)16-24-22-15-21(22)19-7-9-20(10-8-19)28-17-18-5-3-2-4-6-18;/h2-10,21-22,24H,11-17H2,1H3;1H/t21-,22+;/m0./s1. The van der Waals surface area contributed by atoms with E-state index in [-0.39, 0.29) is 18.3 Å². The topological polar surface area (TPSA) is 44.8 Å². The van der Waals surface area contributed by atoms with E-state index in [2.05, 4.69) is 41.5 Å². The molecule has 2 aromatic carbocycles. The molecule has 1 amide bonds. The number of hydrogen-bond acceptors (Lipinski definition) is 4. The lowest BCUT2D eigenvalue weighted by Gasteiger charge is -2.32. The summed E-state index contributed by atoms with van der Waals surface area (Å²) in [5.74, 6) is 1.62. The van der Waals surface area contributed by atoms with Crippen LogP contribution in [0.15, 0.2) is 54.6 Å². The van der Waals surface area contributed by atoms with Crippen LogP contribution in [0, 0.1) is 0 Å². The van der Waals surface area contributed by atoms with E-state index in [1.807, 2.05) is 35.2 Å². The summed E-state index contributed by atoms with van der Waals surface area (Å²) in [4.78, 5) is 16.6. The molecule has 0 spiro atoms. The Kier molecular flexibility index (Phi) is 7.53. The second-order valence-electron chi connectivity index (χ2n) is 7.86. The van der Waals surface area contributed by atoms with Gasteiger partial charge in [0.05, 0.1) is 6.54 Å². The lowest BCUT2D eigenvalue weighted by molar-refractivity contribution is -0.131. The zero-order valence-electron chi connectivity index (χ0n) is 16.9. The second-order valence-corrected chi connectivity index (χ2v) is 7.86. The molecule has 29 heavy (non-hydrogen) atoms. The molecule has 5 nitrogen and oxygen atoms in total. The third-order valence-corrected chi connectivity index (χ3v) is 5.72. The number of hydrogen-bond donors (Lipinski definition) is 1. The van der Waals surface area contributed by atoms with Crippen LogP contribution in [0.5, 0.6) is 5.75 Å². The normalized spacial score (nSPS) is 21.3. The number of carbonyl (C=O) groups excluding carboxylic acids is 1. The molecule has 0 unspecified atom stereocenters. The highest BCUT2D eigenvalue weighted by Gasteiger charge is 2.38. The molecule has 1 N–H and O–H groups in total. The van der Waals surface area contributed by atoms with E-state index < -0.39 is 0 Å². The van der Waals surface area contributed by atoms with Crippen LogP contribution in [0.4, 0.5) is 0 Å². The molecular formula is C23H30ClN3O2. The van der Waals surface area contributed by atoms with E-state index in [0.717, 1.165) is 38.3 Å². The van der Waals surface area contributed by atoms with Crippen molar-refractivity contribution in [2.75, 3.05) is 39.8 Å². The van der Waals surface area contributed by atoms with E-state index in [9.17, 15) is 4.79 Å². The first kappa shape index (κ1) is 21.6. The van der Waals surface area contributed by atoms with Gasteiger partial charge in [0.1, 0.15) is 12.4 Å². The number of halogens is 1. The second kappa shape index (κ2) is 10.1. The number of ether oxygens (including phenoxy) is 1. The first-order chi connectivity index (χ1) is 13.7.